The van der Waals surface area contributed by atoms with Crippen LogP contribution < -0.4 is 16.4 Å². The van der Waals surface area contributed by atoms with Crippen molar-refractivity contribution in [2.75, 3.05) is 5.32 Å². The Bertz CT molecular complexity index is 901. The number of rotatable bonds is 4. The van der Waals surface area contributed by atoms with Crippen LogP contribution in [0.25, 0.3) is 10.8 Å². The summed E-state index contributed by atoms with van der Waals surface area (Å²) in [5.74, 6) is -0.489. The largest absolute Gasteiger partial charge is 0.366 e. The highest BCUT2D eigenvalue weighted by atomic mass is 16.2. The number of hydrogen-bond acceptors (Lipinski definition) is 2. The molecule has 5 heteroatoms. The molecule has 0 atom stereocenters. The molecule has 24 heavy (non-hydrogen) atoms. The summed E-state index contributed by atoms with van der Waals surface area (Å²) < 4.78 is 0. The SMILES string of the molecule is NC(=O)c1cccc(CNC(=O)Nc2cccc3ccccc23)c1. The average molecular weight is 319 g/mol. The van der Waals surface area contributed by atoms with Crippen molar-refractivity contribution in [1.82, 2.24) is 5.32 Å². The van der Waals surface area contributed by atoms with E-state index in [1.807, 2.05) is 48.5 Å². The van der Waals surface area contributed by atoms with Crippen molar-refractivity contribution in [3.05, 3.63) is 77.9 Å². The van der Waals surface area contributed by atoms with Crippen LogP contribution in [0.3, 0.4) is 0 Å². The molecule has 0 aromatic heterocycles. The molecule has 0 heterocycles. The van der Waals surface area contributed by atoms with E-state index in [4.69, 9.17) is 5.73 Å². The first-order chi connectivity index (χ1) is 11.6. The Kier molecular flexibility index (Phi) is 4.43. The molecule has 0 fully saturated rings. The fraction of sp³-hybridized carbons (Fsp3) is 0.0526. The van der Waals surface area contributed by atoms with E-state index in [0.29, 0.717) is 12.1 Å². The molecular weight excluding hydrogens is 302 g/mol. The monoisotopic (exact) mass is 319 g/mol. The Morgan fingerprint density at radius 2 is 1.67 bits per heavy atom. The molecule has 0 aliphatic rings. The molecule has 120 valence electrons. The van der Waals surface area contributed by atoms with Gasteiger partial charge < -0.3 is 16.4 Å². The fourth-order valence-electron chi connectivity index (χ4n) is 2.52. The standard InChI is InChI=1S/C19H17N3O2/c20-18(23)15-8-3-5-13(11-15)12-21-19(24)22-17-10-4-7-14-6-1-2-9-16(14)17/h1-11H,12H2,(H2,20,23)(H2,21,22,24). The number of urea groups is 1. The van der Waals surface area contributed by atoms with Gasteiger partial charge >= 0.3 is 6.03 Å². The third kappa shape index (κ3) is 3.52. The maximum atomic E-state index is 12.1. The van der Waals surface area contributed by atoms with Crippen molar-refractivity contribution in [2.24, 2.45) is 5.73 Å². The number of carbonyl (C=O) groups is 2. The number of anilines is 1. The van der Waals surface area contributed by atoms with Crippen molar-refractivity contribution in [3.8, 4) is 0 Å². The molecule has 0 bridgehead atoms. The number of benzene rings is 3. The van der Waals surface area contributed by atoms with Gasteiger partial charge in [-0.25, -0.2) is 4.79 Å². The van der Waals surface area contributed by atoms with Gasteiger partial charge in [-0.15, -0.1) is 0 Å². The second kappa shape index (κ2) is 6.83. The van der Waals surface area contributed by atoms with Gasteiger partial charge in [-0.05, 0) is 29.1 Å². The fourth-order valence-corrected chi connectivity index (χ4v) is 2.52. The maximum absolute atomic E-state index is 12.1. The Morgan fingerprint density at radius 3 is 2.50 bits per heavy atom. The van der Waals surface area contributed by atoms with Crippen LogP contribution in [0.1, 0.15) is 15.9 Å². The Morgan fingerprint density at radius 1 is 0.917 bits per heavy atom. The predicted octanol–water partition coefficient (Wildman–Crippen LogP) is 3.26. The van der Waals surface area contributed by atoms with Gasteiger partial charge in [-0.2, -0.15) is 0 Å². The van der Waals surface area contributed by atoms with Gasteiger partial charge in [0.1, 0.15) is 0 Å². The number of amides is 3. The molecular formula is C19H17N3O2. The molecule has 3 aromatic rings. The first-order valence-corrected chi connectivity index (χ1v) is 7.55. The number of carbonyl (C=O) groups excluding carboxylic acids is 2. The summed E-state index contributed by atoms with van der Waals surface area (Å²) in [5.41, 5.74) is 7.23. The predicted molar refractivity (Wildman–Crippen MR) is 94.8 cm³/mol. The second-order valence-corrected chi connectivity index (χ2v) is 5.40. The summed E-state index contributed by atoms with van der Waals surface area (Å²) in [7, 11) is 0. The normalized spacial score (nSPS) is 10.3. The zero-order valence-corrected chi connectivity index (χ0v) is 13.0. The average Bonchev–Trinajstić information content (AvgIpc) is 2.60. The van der Waals surface area contributed by atoms with Crippen molar-refractivity contribution < 1.29 is 9.59 Å². The zero-order chi connectivity index (χ0) is 16.9. The van der Waals surface area contributed by atoms with Gasteiger partial charge in [0.2, 0.25) is 5.91 Å². The van der Waals surface area contributed by atoms with Crippen LogP contribution in [0, 0.1) is 0 Å². The molecule has 0 spiro atoms. The molecule has 0 aliphatic heterocycles. The van der Waals surface area contributed by atoms with E-state index in [0.717, 1.165) is 22.0 Å². The van der Waals surface area contributed by atoms with E-state index in [-0.39, 0.29) is 6.03 Å². The lowest BCUT2D eigenvalue weighted by molar-refractivity contribution is 0.1000. The van der Waals surface area contributed by atoms with Crippen LogP contribution in [-0.2, 0) is 6.54 Å². The highest BCUT2D eigenvalue weighted by molar-refractivity contribution is 6.01. The molecule has 3 aromatic carbocycles. The van der Waals surface area contributed by atoms with Crippen LogP contribution in [0.5, 0.6) is 0 Å². The molecule has 0 aliphatic carbocycles. The van der Waals surface area contributed by atoms with E-state index < -0.39 is 5.91 Å². The van der Waals surface area contributed by atoms with Gasteiger partial charge in [0.15, 0.2) is 0 Å². The molecule has 0 saturated carbocycles. The van der Waals surface area contributed by atoms with Crippen LogP contribution in [0.2, 0.25) is 0 Å². The minimum absolute atomic E-state index is 0.303. The minimum Gasteiger partial charge on any atom is -0.366 e. The second-order valence-electron chi connectivity index (χ2n) is 5.40. The van der Waals surface area contributed by atoms with E-state index in [1.165, 1.54) is 0 Å². The summed E-state index contributed by atoms with van der Waals surface area (Å²) in [5, 5.41) is 7.66. The number of nitrogens with two attached hydrogens (primary N) is 1. The van der Waals surface area contributed by atoms with Gasteiger partial charge in [-0.3, -0.25) is 4.79 Å². The Balaban J connectivity index is 1.67. The quantitative estimate of drug-likeness (QED) is 0.689. The lowest BCUT2D eigenvalue weighted by atomic mass is 10.1. The number of nitrogens with one attached hydrogen (secondary N) is 2. The summed E-state index contributed by atoms with van der Waals surface area (Å²) >= 11 is 0. The van der Waals surface area contributed by atoms with Crippen molar-refractivity contribution in [3.63, 3.8) is 0 Å². The van der Waals surface area contributed by atoms with Crippen LogP contribution in [0.15, 0.2) is 66.7 Å². The molecule has 0 unspecified atom stereocenters. The first-order valence-electron chi connectivity index (χ1n) is 7.55. The van der Waals surface area contributed by atoms with E-state index in [9.17, 15) is 9.59 Å². The zero-order valence-electron chi connectivity index (χ0n) is 13.0. The van der Waals surface area contributed by atoms with Gasteiger partial charge in [-0.1, -0.05) is 48.5 Å². The summed E-state index contributed by atoms with van der Waals surface area (Å²) in [4.78, 5) is 23.3. The third-order valence-corrected chi connectivity index (χ3v) is 3.70. The van der Waals surface area contributed by atoms with E-state index >= 15 is 0 Å². The molecule has 3 amide bonds. The first kappa shape index (κ1) is 15.6. The highest BCUT2D eigenvalue weighted by Crippen LogP contribution is 2.22. The van der Waals surface area contributed by atoms with Crippen molar-refractivity contribution in [2.45, 2.75) is 6.54 Å². The summed E-state index contributed by atoms with van der Waals surface area (Å²) in [6, 6.07) is 20.1. The smallest absolute Gasteiger partial charge is 0.319 e. The molecule has 4 N–H and O–H groups in total. The van der Waals surface area contributed by atoms with E-state index in [2.05, 4.69) is 10.6 Å². The third-order valence-electron chi connectivity index (χ3n) is 3.70. The number of hydrogen-bond donors (Lipinski definition) is 3. The van der Waals surface area contributed by atoms with Crippen LogP contribution >= 0.6 is 0 Å². The minimum atomic E-state index is -0.489. The lowest BCUT2D eigenvalue weighted by Crippen LogP contribution is -2.28. The lowest BCUT2D eigenvalue weighted by Gasteiger charge is -2.10. The van der Waals surface area contributed by atoms with Crippen LogP contribution in [0.4, 0.5) is 10.5 Å². The Labute approximate surface area is 139 Å². The Hall–Kier alpha value is -3.34. The maximum Gasteiger partial charge on any atom is 0.319 e. The van der Waals surface area contributed by atoms with Crippen LogP contribution in [-0.4, -0.2) is 11.9 Å². The number of fused-ring (bicyclic) bond motifs is 1. The highest BCUT2D eigenvalue weighted by Gasteiger charge is 2.06. The van der Waals surface area contributed by atoms with Gasteiger partial charge in [0.25, 0.3) is 0 Å². The molecule has 3 rings (SSSR count). The molecule has 0 saturated heterocycles. The van der Waals surface area contributed by atoms with Crippen molar-refractivity contribution in [1.29, 1.82) is 0 Å². The number of primary amides is 1. The van der Waals surface area contributed by atoms with Crippen molar-refractivity contribution >= 4 is 28.4 Å². The van der Waals surface area contributed by atoms with Gasteiger partial charge in [0.05, 0.1) is 5.69 Å². The van der Waals surface area contributed by atoms with E-state index in [1.54, 1.807) is 18.2 Å². The molecule has 0 radical (unpaired) electrons. The summed E-state index contributed by atoms with van der Waals surface area (Å²) in [6.45, 7) is 0.303. The molecule has 5 nitrogen and oxygen atoms in total. The van der Waals surface area contributed by atoms with Gasteiger partial charge in [0, 0.05) is 17.5 Å². The topological polar surface area (TPSA) is 84.2 Å². The summed E-state index contributed by atoms with van der Waals surface area (Å²) in [6.07, 6.45) is 0.